The van der Waals surface area contributed by atoms with E-state index in [0.29, 0.717) is 11.3 Å². The van der Waals surface area contributed by atoms with Crippen molar-refractivity contribution in [2.24, 2.45) is 0 Å². The van der Waals surface area contributed by atoms with Crippen LogP contribution in [-0.2, 0) is 18.8 Å². The highest BCUT2D eigenvalue weighted by Crippen LogP contribution is 2.32. The van der Waals surface area contributed by atoms with Crippen LogP contribution in [0, 0.1) is 0 Å². The van der Waals surface area contributed by atoms with E-state index in [1.54, 1.807) is 0 Å². The smallest absolute Gasteiger partial charge is 0.434 e. The lowest BCUT2D eigenvalue weighted by Crippen LogP contribution is -2.10. The van der Waals surface area contributed by atoms with Gasteiger partial charge in [-0.15, -0.1) is 11.3 Å². The molecular weight excluding hydrogens is 211 g/mol. The van der Waals surface area contributed by atoms with Crippen molar-refractivity contribution in [3.8, 4) is 0 Å². The van der Waals surface area contributed by atoms with Crippen molar-refractivity contribution < 1.29 is 18.0 Å². The van der Waals surface area contributed by atoms with Gasteiger partial charge in [0.25, 0.3) is 0 Å². The van der Waals surface area contributed by atoms with Gasteiger partial charge >= 0.3 is 6.18 Å². The Kier molecular flexibility index (Phi) is 2.34. The molecule has 2 nitrogen and oxygen atoms in total. The lowest BCUT2D eigenvalue weighted by molar-refractivity contribution is -0.141. The maximum absolute atomic E-state index is 12.0. The van der Waals surface area contributed by atoms with Gasteiger partial charge in [-0.25, -0.2) is 4.98 Å². The van der Waals surface area contributed by atoms with Gasteiger partial charge in [-0.05, 0) is 0 Å². The molecule has 66 valence electrons. The average Bonchev–Trinajstić information content (AvgIpc) is 2.30. The minimum atomic E-state index is -4.59. The Bertz CT molecular complexity index is 306. The number of carbonyl (C=O) groups is 1. The van der Waals surface area contributed by atoms with E-state index in [1.807, 2.05) is 0 Å². The third-order valence-corrected chi connectivity index (χ3v) is 2.18. The molecule has 0 aliphatic rings. The molecule has 0 aromatic carbocycles. The Morgan fingerprint density at radius 3 is 2.50 bits per heavy atom. The highest BCUT2D eigenvalue weighted by Gasteiger charge is 2.36. The van der Waals surface area contributed by atoms with Gasteiger partial charge in [-0.3, -0.25) is 0 Å². The molecule has 12 heavy (non-hydrogen) atoms. The number of hydrogen-bond donors (Lipinski definition) is 0. The Balaban J connectivity index is 3.17. The van der Waals surface area contributed by atoms with Crippen LogP contribution in [0.4, 0.5) is 13.2 Å². The first-order valence-corrected chi connectivity index (χ1v) is 3.93. The van der Waals surface area contributed by atoms with Gasteiger partial charge in [0.05, 0.1) is 15.5 Å². The van der Waals surface area contributed by atoms with Crippen LogP contribution >= 0.6 is 11.3 Å². The number of nitrogens with zero attached hydrogens (tertiary/aromatic N) is 1. The van der Waals surface area contributed by atoms with Gasteiger partial charge in [0.15, 0.2) is 5.69 Å². The maximum atomic E-state index is 12.0. The van der Waals surface area contributed by atoms with Crippen LogP contribution < -0.4 is 0 Å². The van der Waals surface area contributed by atoms with E-state index >= 15 is 0 Å². The summed E-state index contributed by atoms with van der Waals surface area (Å²) < 4.78 is 36.0. The molecule has 0 saturated heterocycles. The van der Waals surface area contributed by atoms with E-state index < -0.39 is 21.9 Å². The van der Waals surface area contributed by atoms with Gasteiger partial charge < -0.3 is 17.4 Å². The van der Waals surface area contributed by atoms with E-state index in [-0.39, 0.29) is 0 Å². The minimum Gasteiger partial charge on any atom is -0.736 e. The summed E-state index contributed by atoms with van der Waals surface area (Å²) in [6.07, 6.45) is -4.59. The Morgan fingerprint density at radius 1 is 1.58 bits per heavy atom. The second-order valence-electron chi connectivity index (χ2n) is 1.82. The molecule has 0 N–H and O–H groups in total. The Morgan fingerprint density at radius 2 is 2.17 bits per heavy atom. The highest BCUT2D eigenvalue weighted by molar-refractivity contribution is 7.78. The standard InChI is InChI=1S/C5H2F3NOS2/c6-5(7,8)3-2(4(10)11)12-1-9-3/h1H,(H,10,11)/p-1. The largest absolute Gasteiger partial charge is 0.736 e. The molecule has 0 spiro atoms. The van der Waals surface area contributed by atoms with Crippen LogP contribution in [0.5, 0.6) is 0 Å². The zero-order valence-electron chi connectivity index (χ0n) is 5.38. The van der Waals surface area contributed by atoms with Crippen molar-refractivity contribution in [3.63, 3.8) is 0 Å². The number of halogens is 3. The maximum Gasteiger partial charge on any atom is 0.434 e. The summed E-state index contributed by atoms with van der Waals surface area (Å²) in [7, 11) is 0. The molecule has 0 radical (unpaired) electrons. The highest BCUT2D eigenvalue weighted by atomic mass is 32.1. The fraction of sp³-hybridized carbons (Fsp3) is 0.200. The van der Waals surface area contributed by atoms with Gasteiger partial charge in [0.1, 0.15) is 0 Å². The van der Waals surface area contributed by atoms with Crippen molar-refractivity contribution in [1.82, 2.24) is 4.98 Å². The molecule has 7 heteroatoms. The molecule has 1 aromatic rings. The number of aromatic nitrogens is 1. The normalized spacial score (nSPS) is 11.6. The summed E-state index contributed by atoms with van der Waals surface area (Å²) >= 11 is 4.69. The Hall–Kier alpha value is -0.690. The van der Waals surface area contributed by atoms with E-state index in [4.69, 9.17) is 0 Å². The predicted molar refractivity (Wildman–Crippen MR) is 38.8 cm³/mol. The van der Waals surface area contributed by atoms with E-state index in [2.05, 4.69) is 17.6 Å². The first kappa shape index (κ1) is 9.40. The summed E-state index contributed by atoms with van der Waals surface area (Å²) in [5.41, 5.74) is -0.241. The zero-order valence-corrected chi connectivity index (χ0v) is 7.02. The molecule has 0 aliphatic heterocycles. The first-order valence-electron chi connectivity index (χ1n) is 2.65. The minimum absolute atomic E-state index is 0.516. The van der Waals surface area contributed by atoms with Crippen LogP contribution in [-0.4, -0.2) is 10.1 Å². The van der Waals surface area contributed by atoms with Crippen molar-refractivity contribution in [2.75, 3.05) is 0 Å². The number of hydrogen-bond acceptors (Lipinski definition) is 4. The second kappa shape index (κ2) is 2.98. The molecule has 1 rings (SSSR count). The monoisotopic (exact) mass is 212 g/mol. The summed E-state index contributed by atoms with van der Waals surface area (Å²) in [4.78, 5) is 13.0. The molecule has 0 unspecified atom stereocenters. The van der Waals surface area contributed by atoms with Crippen LogP contribution in [0.1, 0.15) is 15.4 Å². The fourth-order valence-corrected chi connectivity index (χ4v) is 1.47. The van der Waals surface area contributed by atoms with E-state index in [9.17, 15) is 18.0 Å². The number of alkyl halides is 3. The SMILES string of the molecule is O=C([S-])c1scnc1C(F)(F)F. The number of rotatable bonds is 1. The quantitative estimate of drug-likeness (QED) is 0.665. The van der Waals surface area contributed by atoms with Crippen LogP contribution in [0.2, 0.25) is 0 Å². The van der Waals surface area contributed by atoms with Gasteiger partial charge in [-0.2, -0.15) is 13.2 Å². The first-order chi connectivity index (χ1) is 5.43. The molecule has 0 amide bonds. The van der Waals surface area contributed by atoms with Crippen molar-refractivity contribution in [2.45, 2.75) is 6.18 Å². The fourth-order valence-electron chi connectivity index (χ4n) is 0.593. The molecule has 0 bridgehead atoms. The van der Waals surface area contributed by atoms with Gasteiger partial charge in [-0.1, -0.05) is 0 Å². The van der Waals surface area contributed by atoms with Crippen LogP contribution in [0.15, 0.2) is 5.51 Å². The van der Waals surface area contributed by atoms with E-state index in [1.165, 1.54) is 0 Å². The summed E-state index contributed by atoms with van der Waals surface area (Å²) in [5.74, 6) is 0. The van der Waals surface area contributed by atoms with Crippen LogP contribution in [0.3, 0.4) is 0 Å². The van der Waals surface area contributed by atoms with Gasteiger partial charge in [0.2, 0.25) is 0 Å². The predicted octanol–water partition coefficient (Wildman–Crippen LogP) is 1.85. The van der Waals surface area contributed by atoms with Gasteiger partial charge in [0, 0.05) is 0 Å². The Labute approximate surface area is 74.8 Å². The number of carbonyl (C=O) groups excluding carboxylic acids is 1. The van der Waals surface area contributed by atoms with Crippen molar-refractivity contribution >= 4 is 29.1 Å². The second-order valence-corrected chi connectivity index (χ2v) is 3.04. The molecule has 0 atom stereocenters. The molecule has 0 aliphatic carbocycles. The topological polar surface area (TPSA) is 30.0 Å². The van der Waals surface area contributed by atoms with E-state index in [0.717, 1.165) is 5.51 Å². The summed E-state index contributed by atoms with van der Waals surface area (Å²) in [6, 6.07) is 0. The molecule has 0 fully saturated rings. The summed E-state index contributed by atoms with van der Waals surface area (Å²) in [5, 5.41) is -1.02. The average molecular weight is 212 g/mol. The lowest BCUT2D eigenvalue weighted by atomic mass is 10.4. The van der Waals surface area contributed by atoms with Crippen LogP contribution in [0.25, 0.3) is 0 Å². The summed E-state index contributed by atoms with van der Waals surface area (Å²) in [6.45, 7) is 0. The van der Waals surface area contributed by atoms with Crippen molar-refractivity contribution in [3.05, 3.63) is 16.1 Å². The lowest BCUT2D eigenvalue weighted by Gasteiger charge is -2.06. The third-order valence-electron chi connectivity index (χ3n) is 1.02. The number of thiazole rings is 1. The molecular formula is C5HF3NOS2-. The molecule has 0 saturated carbocycles. The third kappa shape index (κ3) is 1.72. The molecule has 1 heterocycles. The molecule has 1 aromatic heterocycles. The zero-order chi connectivity index (χ0) is 9.35. The van der Waals surface area contributed by atoms with Crippen molar-refractivity contribution in [1.29, 1.82) is 0 Å².